The SMILES string of the molecule is COc1cc(OC)c(OC)cc1/C=C/C(=O)c1ccc(NC(=O)/C(=C/c2ccc(Cl)cc2Cl)NC(=O)c2ccccc2)cc1. The molecular formula is C34H28Cl2N2O6. The molecule has 2 N–H and O–H groups in total. The Hall–Kier alpha value is -5.05. The predicted molar refractivity (Wildman–Crippen MR) is 173 cm³/mol. The molecule has 0 aliphatic rings. The van der Waals surface area contributed by atoms with Crippen LogP contribution in [-0.4, -0.2) is 38.9 Å². The molecule has 224 valence electrons. The van der Waals surface area contributed by atoms with Gasteiger partial charge in [0.15, 0.2) is 17.3 Å². The van der Waals surface area contributed by atoms with Crippen LogP contribution in [0.15, 0.2) is 96.7 Å². The third kappa shape index (κ3) is 8.06. The van der Waals surface area contributed by atoms with Crippen molar-refractivity contribution in [2.24, 2.45) is 0 Å². The number of methoxy groups -OCH3 is 3. The summed E-state index contributed by atoms with van der Waals surface area (Å²) in [6.07, 6.45) is 4.49. The Morgan fingerprint density at radius 1 is 0.705 bits per heavy atom. The molecule has 4 aromatic carbocycles. The summed E-state index contributed by atoms with van der Waals surface area (Å²) in [5, 5.41) is 6.14. The lowest BCUT2D eigenvalue weighted by atomic mass is 10.1. The van der Waals surface area contributed by atoms with E-state index in [-0.39, 0.29) is 11.5 Å². The van der Waals surface area contributed by atoms with E-state index >= 15 is 0 Å². The first-order chi connectivity index (χ1) is 21.2. The van der Waals surface area contributed by atoms with Crippen LogP contribution >= 0.6 is 23.2 Å². The largest absolute Gasteiger partial charge is 0.496 e. The van der Waals surface area contributed by atoms with Crippen molar-refractivity contribution in [3.05, 3.63) is 129 Å². The van der Waals surface area contributed by atoms with Crippen molar-refractivity contribution < 1.29 is 28.6 Å². The molecule has 44 heavy (non-hydrogen) atoms. The Balaban J connectivity index is 1.52. The Morgan fingerprint density at radius 3 is 2.00 bits per heavy atom. The number of halogens is 2. The van der Waals surface area contributed by atoms with Crippen LogP contribution in [0.2, 0.25) is 10.0 Å². The number of hydrogen-bond acceptors (Lipinski definition) is 6. The number of ketones is 1. The highest BCUT2D eigenvalue weighted by Gasteiger charge is 2.16. The maximum absolute atomic E-state index is 13.3. The average molecular weight is 632 g/mol. The number of ether oxygens (including phenoxy) is 3. The first kappa shape index (κ1) is 31.9. The molecule has 0 radical (unpaired) electrons. The smallest absolute Gasteiger partial charge is 0.272 e. The molecule has 4 rings (SSSR count). The van der Waals surface area contributed by atoms with Crippen molar-refractivity contribution in [1.29, 1.82) is 0 Å². The topological polar surface area (TPSA) is 103 Å². The zero-order valence-electron chi connectivity index (χ0n) is 24.0. The quantitative estimate of drug-likeness (QED) is 0.133. The second-order valence-electron chi connectivity index (χ2n) is 9.22. The lowest BCUT2D eigenvalue weighted by Gasteiger charge is -2.12. The minimum absolute atomic E-state index is 0.0463. The molecule has 0 fully saturated rings. The summed E-state index contributed by atoms with van der Waals surface area (Å²) in [6.45, 7) is 0. The van der Waals surface area contributed by atoms with Crippen LogP contribution in [0, 0.1) is 0 Å². The first-order valence-electron chi connectivity index (χ1n) is 13.2. The summed E-state index contributed by atoms with van der Waals surface area (Å²) >= 11 is 12.3. The molecule has 0 aromatic heterocycles. The molecule has 0 heterocycles. The number of allylic oxidation sites excluding steroid dienone is 1. The van der Waals surface area contributed by atoms with Gasteiger partial charge in [-0.05, 0) is 78.4 Å². The highest BCUT2D eigenvalue weighted by atomic mass is 35.5. The standard InChI is InChI=1S/C34H28Cl2N2O6/c1-42-30-20-32(44-3)31(43-2)18-24(30)12-16-29(39)21-10-14-26(15-11-21)37-34(41)28(17-23-9-13-25(35)19-27(23)36)38-33(40)22-7-5-4-6-8-22/h4-20H,1-3H3,(H,37,41)(H,38,40)/b16-12+,28-17-. The van der Waals surface area contributed by atoms with Crippen molar-refractivity contribution in [1.82, 2.24) is 5.32 Å². The fraction of sp³-hybridized carbons (Fsp3) is 0.0882. The van der Waals surface area contributed by atoms with Crippen LogP contribution in [0.4, 0.5) is 5.69 Å². The van der Waals surface area contributed by atoms with E-state index < -0.39 is 11.8 Å². The van der Waals surface area contributed by atoms with E-state index in [4.69, 9.17) is 37.4 Å². The van der Waals surface area contributed by atoms with E-state index in [9.17, 15) is 14.4 Å². The van der Waals surface area contributed by atoms with Gasteiger partial charge in [0.1, 0.15) is 11.4 Å². The van der Waals surface area contributed by atoms with Gasteiger partial charge < -0.3 is 24.8 Å². The zero-order valence-corrected chi connectivity index (χ0v) is 25.5. The van der Waals surface area contributed by atoms with Crippen molar-refractivity contribution >= 4 is 58.6 Å². The molecule has 10 heteroatoms. The van der Waals surface area contributed by atoms with Gasteiger partial charge in [-0.2, -0.15) is 0 Å². The number of amides is 2. The van der Waals surface area contributed by atoms with Gasteiger partial charge in [0.25, 0.3) is 11.8 Å². The number of benzene rings is 4. The molecule has 0 saturated carbocycles. The van der Waals surface area contributed by atoms with E-state index in [1.807, 2.05) is 0 Å². The monoisotopic (exact) mass is 630 g/mol. The maximum Gasteiger partial charge on any atom is 0.272 e. The Kier molecular flexibility index (Phi) is 10.8. The van der Waals surface area contributed by atoms with Gasteiger partial charge in [-0.3, -0.25) is 14.4 Å². The van der Waals surface area contributed by atoms with E-state index in [0.717, 1.165) is 0 Å². The molecule has 8 nitrogen and oxygen atoms in total. The molecule has 0 saturated heterocycles. The predicted octanol–water partition coefficient (Wildman–Crippen LogP) is 7.32. The van der Waals surface area contributed by atoms with Crippen LogP contribution in [-0.2, 0) is 4.79 Å². The first-order valence-corrected chi connectivity index (χ1v) is 13.9. The van der Waals surface area contributed by atoms with Crippen LogP contribution in [0.3, 0.4) is 0 Å². The average Bonchev–Trinajstić information content (AvgIpc) is 3.04. The summed E-state index contributed by atoms with van der Waals surface area (Å²) in [7, 11) is 4.56. The highest BCUT2D eigenvalue weighted by Crippen LogP contribution is 2.35. The normalized spacial score (nSPS) is 11.2. The van der Waals surface area contributed by atoms with E-state index in [1.54, 1.807) is 84.9 Å². The van der Waals surface area contributed by atoms with Gasteiger partial charge in [-0.25, -0.2) is 0 Å². The van der Waals surface area contributed by atoms with Gasteiger partial charge in [0, 0.05) is 38.5 Å². The summed E-state index contributed by atoms with van der Waals surface area (Å²) in [6, 6.07) is 23.0. The van der Waals surface area contributed by atoms with Crippen LogP contribution < -0.4 is 24.8 Å². The van der Waals surface area contributed by atoms with Crippen molar-refractivity contribution in [2.75, 3.05) is 26.6 Å². The Labute approximate surface area is 264 Å². The molecule has 0 unspecified atom stereocenters. The van der Waals surface area contributed by atoms with Crippen molar-refractivity contribution in [3.63, 3.8) is 0 Å². The number of carbonyl (C=O) groups is 3. The van der Waals surface area contributed by atoms with Crippen LogP contribution in [0.1, 0.15) is 31.8 Å². The minimum Gasteiger partial charge on any atom is -0.496 e. The number of hydrogen-bond donors (Lipinski definition) is 2. The number of rotatable bonds is 11. The summed E-state index contributed by atoms with van der Waals surface area (Å²) in [5.41, 5.74) is 2.22. The van der Waals surface area contributed by atoms with Gasteiger partial charge in [-0.15, -0.1) is 0 Å². The molecule has 0 aliphatic heterocycles. The second kappa shape index (κ2) is 14.9. The van der Waals surface area contributed by atoms with Gasteiger partial charge in [-0.1, -0.05) is 47.5 Å². The second-order valence-corrected chi connectivity index (χ2v) is 10.1. The lowest BCUT2D eigenvalue weighted by Crippen LogP contribution is -2.30. The molecule has 2 amide bonds. The third-order valence-corrected chi connectivity index (χ3v) is 6.93. The van der Waals surface area contributed by atoms with Crippen molar-refractivity contribution in [2.45, 2.75) is 0 Å². The van der Waals surface area contributed by atoms with Crippen molar-refractivity contribution in [3.8, 4) is 17.2 Å². The summed E-state index contributed by atoms with van der Waals surface area (Å²) in [4.78, 5) is 39.1. The number of anilines is 1. The van der Waals surface area contributed by atoms with Gasteiger partial charge in [0.2, 0.25) is 0 Å². The molecule has 0 spiro atoms. The van der Waals surface area contributed by atoms with E-state index in [0.29, 0.717) is 55.2 Å². The fourth-order valence-corrected chi connectivity index (χ4v) is 4.54. The van der Waals surface area contributed by atoms with Gasteiger partial charge >= 0.3 is 0 Å². The maximum atomic E-state index is 13.3. The molecule has 0 bridgehead atoms. The fourth-order valence-electron chi connectivity index (χ4n) is 4.08. The molecule has 4 aromatic rings. The third-order valence-electron chi connectivity index (χ3n) is 6.37. The highest BCUT2D eigenvalue weighted by molar-refractivity contribution is 6.35. The Bertz CT molecular complexity index is 1740. The van der Waals surface area contributed by atoms with Crippen LogP contribution in [0.25, 0.3) is 12.2 Å². The van der Waals surface area contributed by atoms with E-state index in [1.165, 1.54) is 39.5 Å². The number of carbonyl (C=O) groups excluding carboxylic acids is 3. The summed E-state index contributed by atoms with van der Waals surface area (Å²) < 4.78 is 16.1. The summed E-state index contributed by atoms with van der Waals surface area (Å²) in [5.74, 6) is 0.156. The molecule has 0 aliphatic carbocycles. The minimum atomic E-state index is -0.597. The zero-order chi connectivity index (χ0) is 31.6. The number of nitrogens with one attached hydrogen (secondary N) is 2. The molecule has 0 atom stereocenters. The molecular weight excluding hydrogens is 603 g/mol. The van der Waals surface area contributed by atoms with E-state index in [2.05, 4.69) is 10.6 Å². The van der Waals surface area contributed by atoms with Crippen LogP contribution in [0.5, 0.6) is 17.2 Å². The lowest BCUT2D eigenvalue weighted by molar-refractivity contribution is -0.113. The van der Waals surface area contributed by atoms with Gasteiger partial charge in [0.05, 0.1) is 21.3 Å². The Morgan fingerprint density at radius 2 is 1.36 bits per heavy atom.